The second-order valence-electron chi connectivity index (χ2n) is 4.27. The first kappa shape index (κ1) is 12.7. The Hall–Kier alpha value is -2.28. The highest BCUT2D eigenvalue weighted by molar-refractivity contribution is 9.10. The summed E-state index contributed by atoms with van der Waals surface area (Å²) < 4.78 is 2.08. The van der Waals surface area contributed by atoms with Crippen molar-refractivity contribution < 1.29 is 4.79 Å². The van der Waals surface area contributed by atoms with Gasteiger partial charge >= 0.3 is 0 Å². The van der Waals surface area contributed by atoms with Gasteiger partial charge in [-0.3, -0.25) is 9.36 Å². The summed E-state index contributed by atoms with van der Waals surface area (Å²) in [5, 5.41) is 0. The first-order chi connectivity index (χ1) is 9.56. The number of hydrogen-bond donors (Lipinski definition) is 1. The van der Waals surface area contributed by atoms with Crippen molar-refractivity contribution in [2.75, 3.05) is 5.73 Å². The van der Waals surface area contributed by atoms with Gasteiger partial charge in [-0.05, 0) is 41.1 Å². The first-order valence-electron chi connectivity index (χ1n) is 5.83. The van der Waals surface area contributed by atoms with Gasteiger partial charge in [0.25, 0.3) is 5.91 Å². The quantitative estimate of drug-likeness (QED) is 0.690. The molecule has 0 aliphatic rings. The number of carbonyl (C=O) groups is 1. The Morgan fingerprint density at radius 2 is 2.10 bits per heavy atom. The number of nitrogens with two attached hydrogens (primary N) is 1. The van der Waals surface area contributed by atoms with E-state index in [9.17, 15) is 4.79 Å². The van der Waals surface area contributed by atoms with Gasteiger partial charge in [-0.1, -0.05) is 0 Å². The topological polar surface area (TPSA) is 86.7 Å². The Balaban J connectivity index is 2.16. The number of halogens is 1. The third kappa shape index (κ3) is 2.05. The van der Waals surface area contributed by atoms with Crippen molar-refractivity contribution in [1.29, 1.82) is 0 Å². The molecule has 0 spiro atoms. The predicted molar refractivity (Wildman–Crippen MR) is 78.3 cm³/mol. The van der Waals surface area contributed by atoms with Crippen LogP contribution in [0.1, 0.15) is 16.3 Å². The summed E-state index contributed by atoms with van der Waals surface area (Å²) in [6, 6.07) is 5.24. The third-order valence-electron chi connectivity index (χ3n) is 2.89. The van der Waals surface area contributed by atoms with Crippen LogP contribution >= 0.6 is 15.9 Å². The van der Waals surface area contributed by atoms with E-state index in [0.29, 0.717) is 27.1 Å². The van der Waals surface area contributed by atoms with Gasteiger partial charge in [0.15, 0.2) is 0 Å². The molecular formula is C13H10BrN5O. The van der Waals surface area contributed by atoms with Gasteiger partial charge in [-0.15, -0.1) is 0 Å². The Labute approximate surface area is 122 Å². The Morgan fingerprint density at radius 3 is 2.80 bits per heavy atom. The molecule has 2 heterocycles. The normalized spacial score (nSPS) is 10.9. The second-order valence-corrected chi connectivity index (χ2v) is 5.08. The fourth-order valence-electron chi connectivity index (χ4n) is 2.01. The van der Waals surface area contributed by atoms with Crippen LogP contribution in [0.25, 0.3) is 11.0 Å². The van der Waals surface area contributed by atoms with Gasteiger partial charge in [0.05, 0.1) is 23.4 Å². The summed E-state index contributed by atoms with van der Waals surface area (Å²) >= 11 is 3.19. The van der Waals surface area contributed by atoms with E-state index in [1.165, 1.54) is 17.0 Å². The highest BCUT2D eigenvalue weighted by Crippen LogP contribution is 2.19. The van der Waals surface area contributed by atoms with E-state index in [4.69, 9.17) is 5.73 Å². The molecule has 20 heavy (non-hydrogen) atoms. The number of nitrogen functional groups attached to an aromatic ring is 1. The van der Waals surface area contributed by atoms with E-state index in [1.54, 1.807) is 25.1 Å². The smallest absolute Gasteiger partial charge is 0.284 e. The number of anilines is 1. The molecule has 0 saturated heterocycles. The lowest BCUT2D eigenvalue weighted by Crippen LogP contribution is -2.15. The van der Waals surface area contributed by atoms with Crippen molar-refractivity contribution in [3.63, 3.8) is 0 Å². The maximum Gasteiger partial charge on any atom is 0.284 e. The standard InChI is InChI=1S/C13H10BrN5O/c1-7-18-9-4-8(15)2-3-11(9)19(7)13(20)10-5-17-12(14)6-16-10/h2-6H,15H2,1H3. The molecule has 0 bridgehead atoms. The number of imidazole rings is 1. The van der Waals surface area contributed by atoms with Gasteiger partial charge in [-0.25, -0.2) is 15.0 Å². The van der Waals surface area contributed by atoms with Crippen LogP contribution in [0.3, 0.4) is 0 Å². The molecule has 0 radical (unpaired) electrons. The number of hydrogen-bond acceptors (Lipinski definition) is 5. The highest BCUT2D eigenvalue weighted by Gasteiger charge is 2.17. The molecular weight excluding hydrogens is 322 g/mol. The lowest BCUT2D eigenvalue weighted by atomic mass is 10.3. The van der Waals surface area contributed by atoms with Crippen molar-refractivity contribution in [2.24, 2.45) is 0 Å². The van der Waals surface area contributed by atoms with Crippen LogP contribution in [0.4, 0.5) is 5.69 Å². The van der Waals surface area contributed by atoms with Crippen molar-refractivity contribution in [3.8, 4) is 0 Å². The molecule has 0 unspecified atom stereocenters. The minimum atomic E-state index is -0.269. The number of rotatable bonds is 1. The summed E-state index contributed by atoms with van der Waals surface area (Å²) in [6.07, 6.45) is 2.91. The van der Waals surface area contributed by atoms with Crippen LogP contribution in [0, 0.1) is 6.92 Å². The zero-order chi connectivity index (χ0) is 14.3. The molecule has 100 valence electrons. The molecule has 3 aromatic rings. The van der Waals surface area contributed by atoms with E-state index in [2.05, 4.69) is 30.9 Å². The first-order valence-corrected chi connectivity index (χ1v) is 6.62. The van der Waals surface area contributed by atoms with E-state index in [0.717, 1.165) is 0 Å². The number of benzene rings is 1. The molecule has 0 atom stereocenters. The number of aromatic nitrogens is 4. The minimum Gasteiger partial charge on any atom is -0.399 e. The fourth-order valence-corrected chi connectivity index (χ4v) is 2.22. The van der Waals surface area contributed by atoms with E-state index in [1.807, 2.05) is 0 Å². The highest BCUT2D eigenvalue weighted by atomic mass is 79.9. The molecule has 0 fully saturated rings. The number of nitrogens with zero attached hydrogens (tertiary/aromatic N) is 4. The van der Waals surface area contributed by atoms with Gasteiger partial charge in [0.2, 0.25) is 0 Å². The van der Waals surface area contributed by atoms with E-state index >= 15 is 0 Å². The molecule has 2 N–H and O–H groups in total. The van der Waals surface area contributed by atoms with E-state index in [-0.39, 0.29) is 11.6 Å². The Morgan fingerprint density at radius 1 is 1.30 bits per heavy atom. The predicted octanol–water partition coefficient (Wildman–Crippen LogP) is 2.17. The van der Waals surface area contributed by atoms with Crippen LogP contribution in [0.15, 0.2) is 35.2 Å². The average Bonchev–Trinajstić information content (AvgIpc) is 2.73. The fraction of sp³-hybridized carbons (Fsp3) is 0.0769. The maximum absolute atomic E-state index is 12.5. The summed E-state index contributed by atoms with van der Waals surface area (Å²) in [7, 11) is 0. The van der Waals surface area contributed by atoms with Crippen LogP contribution in [-0.4, -0.2) is 25.4 Å². The van der Waals surface area contributed by atoms with Crippen molar-refractivity contribution in [1.82, 2.24) is 19.5 Å². The summed E-state index contributed by atoms with van der Waals surface area (Å²) in [4.78, 5) is 24.9. The van der Waals surface area contributed by atoms with Gasteiger partial charge in [0, 0.05) is 5.69 Å². The zero-order valence-electron chi connectivity index (χ0n) is 10.5. The third-order valence-corrected chi connectivity index (χ3v) is 3.30. The maximum atomic E-state index is 12.5. The van der Waals surface area contributed by atoms with Crippen LogP contribution in [0.2, 0.25) is 0 Å². The Kier molecular flexibility index (Phi) is 2.98. The summed E-state index contributed by atoms with van der Waals surface area (Å²) in [5.74, 6) is 0.315. The average molecular weight is 332 g/mol. The SMILES string of the molecule is Cc1nc2cc(N)ccc2n1C(=O)c1cnc(Br)cn1. The Bertz CT molecular complexity index is 809. The lowest BCUT2D eigenvalue weighted by Gasteiger charge is -2.04. The van der Waals surface area contributed by atoms with Gasteiger partial charge < -0.3 is 5.73 Å². The molecule has 2 aromatic heterocycles. The molecule has 0 saturated carbocycles. The second kappa shape index (κ2) is 4.68. The molecule has 0 amide bonds. The molecule has 1 aromatic carbocycles. The zero-order valence-corrected chi connectivity index (χ0v) is 12.1. The molecule has 0 aliphatic carbocycles. The lowest BCUT2D eigenvalue weighted by molar-refractivity contribution is 0.0957. The minimum absolute atomic E-state index is 0.257. The summed E-state index contributed by atoms with van der Waals surface area (Å²) in [5.41, 5.74) is 7.97. The van der Waals surface area contributed by atoms with Gasteiger partial charge in [0.1, 0.15) is 16.1 Å². The molecule has 3 rings (SSSR count). The van der Waals surface area contributed by atoms with Crippen LogP contribution < -0.4 is 5.73 Å². The van der Waals surface area contributed by atoms with Crippen molar-refractivity contribution in [2.45, 2.75) is 6.92 Å². The van der Waals surface area contributed by atoms with Crippen molar-refractivity contribution in [3.05, 3.63) is 46.7 Å². The van der Waals surface area contributed by atoms with E-state index < -0.39 is 0 Å². The van der Waals surface area contributed by atoms with Gasteiger partial charge in [-0.2, -0.15) is 0 Å². The number of fused-ring (bicyclic) bond motifs is 1. The summed E-state index contributed by atoms with van der Waals surface area (Å²) in [6.45, 7) is 1.76. The van der Waals surface area contributed by atoms with Crippen LogP contribution in [-0.2, 0) is 0 Å². The monoisotopic (exact) mass is 331 g/mol. The van der Waals surface area contributed by atoms with Crippen LogP contribution in [0.5, 0.6) is 0 Å². The molecule has 7 heteroatoms. The molecule has 6 nitrogen and oxygen atoms in total. The number of carbonyl (C=O) groups excluding carboxylic acids is 1. The van der Waals surface area contributed by atoms with Crippen molar-refractivity contribution >= 4 is 38.6 Å². The number of aryl methyl sites for hydroxylation is 1. The molecule has 0 aliphatic heterocycles. The largest absolute Gasteiger partial charge is 0.399 e.